The molecule has 0 unspecified atom stereocenters. The van der Waals surface area contributed by atoms with Gasteiger partial charge in [-0.05, 0) is 31.5 Å². The number of rotatable bonds is 4. The number of ether oxygens (including phenoxy) is 2. The summed E-state index contributed by atoms with van der Waals surface area (Å²) in [5, 5.41) is 17.0. The summed E-state index contributed by atoms with van der Waals surface area (Å²) in [5.41, 5.74) is 1.10. The zero-order chi connectivity index (χ0) is 14.7. The number of benzene rings is 1. The predicted octanol–water partition coefficient (Wildman–Crippen LogP) is 2.59. The number of aryl methyl sites for hydroxylation is 1. The first-order chi connectivity index (χ1) is 9.52. The highest BCUT2D eigenvalue weighted by atomic mass is 16.5. The average Bonchev–Trinajstić information content (AvgIpc) is 2.43. The minimum absolute atomic E-state index is 0.0142. The maximum atomic E-state index is 11.3. The van der Waals surface area contributed by atoms with Crippen LogP contribution in [-0.2, 0) is 0 Å². The van der Waals surface area contributed by atoms with Gasteiger partial charge in [-0.3, -0.25) is 0 Å². The van der Waals surface area contributed by atoms with Gasteiger partial charge in [0.15, 0.2) is 0 Å². The number of carbonyl (C=O) groups is 1. The zero-order valence-electron chi connectivity index (χ0n) is 11.4. The lowest BCUT2D eigenvalue weighted by Gasteiger charge is -2.10. The zero-order valence-corrected chi connectivity index (χ0v) is 11.4. The molecule has 0 saturated carbocycles. The molecular weight excluding hydrogens is 260 g/mol. The summed E-state index contributed by atoms with van der Waals surface area (Å²) in [4.78, 5) is 11.3. The summed E-state index contributed by atoms with van der Waals surface area (Å²) in [7, 11) is 1.54. The van der Waals surface area contributed by atoms with Gasteiger partial charge in [-0.15, -0.1) is 5.10 Å². The Bertz CT molecular complexity index is 656. The SMILES string of the molecule is COc1cccc(Oc2nnc(C)c(C)c2C(=O)O)c1. The molecule has 2 aromatic rings. The lowest BCUT2D eigenvalue weighted by atomic mass is 10.1. The highest BCUT2D eigenvalue weighted by molar-refractivity contribution is 5.92. The van der Waals surface area contributed by atoms with Gasteiger partial charge >= 0.3 is 5.97 Å². The highest BCUT2D eigenvalue weighted by Gasteiger charge is 2.19. The van der Waals surface area contributed by atoms with Gasteiger partial charge in [0.05, 0.1) is 12.8 Å². The number of carboxylic acids is 1. The van der Waals surface area contributed by atoms with Gasteiger partial charge in [0.1, 0.15) is 17.1 Å². The van der Waals surface area contributed by atoms with E-state index < -0.39 is 5.97 Å². The van der Waals surface area contributed by atoms with Crippen LogP contribution in [0.1, 0.15) is 21.6 Å². The molecule has 0 aliphatic carbocycles. The molecule has 0 aliphatic heterocycles. The van der Waals surface area contributed by atoms with Crippen LogP contribution in [0.15, 0.2) is 24.3 Å². The largest absolute Gasteiger partial charge is 0.497 e. The Kier molecular flexibility index (Phi) is 3.84. The fourth-order valence-electron chi connectivity index (χ4n) is 1.69. The number of nitrogens with zero attached hydrogens (tertiary/aromatic N) is 2. The molecule has 1 aromatic heterocycles. The second-order valence-electron chi connectivity index (χ2n) is 4.18. The van der Waals surface area contributed by atoms with Crippen LogP contribution in [0.25, 0.3) is 0 Å². The van der Waals surface area contributed by atoms with E-state index >= 15 is 0 Å². The lowest BCUT2D eigenvalue weighted by molar-refractivity contribution is 0.0692. The molecule has 0 aliphatic rings. The minimum atomic E-state index is -1.10. The van der Waals surface area contributed by atoms with Gasteiger partial charge in [-0.1, -0.05) is 6.07 Å². The Balaban J connectivity index is 2.43. The van der Waals surface area contributed by atoms with Crippen LogP contribution < -0.4 is 9.47 Å². The monoisotopic (exact) mass is 274 g/mol. The first-order valence-corrected chi connectivity index (χ1v) is 5.92. The molecule has 6 nitrogen and oxygen atoms in total. The molecule has 1 heterocycles. The van der Waals surface area contributed by atoms with Crippen LogP contribution in [0.5, 0.6) is 17.4 Å². The van der Waals surface area contributed by atoms with Gasteiger partial charge in [0, 0.05) is 6.07 Å². The Morgan fingerprint density at radius 3 is 2.55 bits per heavy atom. The van der Waals surface area contributed by atoms with E-state index in [1.165, 1.54) is 7.11 Å². The van der Waals surface area contributed by atoms with Crippen LogP contribution in [0.4, 0.5) is 0 Å². The molecular formula is C14H14N2O4. The van der Waals surface area contributed by atoms with Crippen molar-refractivity contribution >= 4 is 5.97 Å². The second-order valence-corrected chi connectivity index (χ2v) is 4.18. The predicted molar refractivity (Wildman–Crippen MR) is 71.5 cm³/mol. The van der Waals surface area contributed by atoms with Gasteiger partial charge in [0.2, 0.25) is 0 Å². The fraction of sp³-hybridized carbons (Fsp3) is 0.214. The first kappa shape index (κ1) is 13.8. The third-order valence-corrected chi connectivity index (χ3v) is 2.89. The van der Waals surface area contributed by atoms with Crippen molar-refractivity contribution in [3.63, 3.8) is 0 Å². The standard InChI is InChI=1S/C14H14N2O4/c1-8-9(2)15-16-13(12(8)14(17)18)20-11-6-4-5-10(7-11)19-3/h4-7H,1-3H3,(H,17,18). The van der Waals surface area contributed by atoms with Crippen molar-refractivity contribution in [1.29, 1.82) is 0 Å². The molecule has 0 saturated heterocycles. The summed E-state index contributed by atoms with van der Waals surface area (Å²) in [5.74, 6) is -0.0900. The van der Waals surface area contributed by atoms with E-state index in [1.807, 2.05) is 0 Å². The van der Waals surface area contributed by atoms with Crippen molar-refractivity contribution < 1.29 is 19.4 Å². The summed E-state index contributed by atoms with van der Waals surface area (Å²) in [6.07, 6.45) is 0. The summed E-state index contributed by atoms with van der Waals surface area (Å²) >= 11 is 0. The van der Waals surface area contributed by atoms with Crippen LogP contribution in [0.3, 0.4) is 0 Å². The minimum Gasteiger partial charge on any atom is -0.497 e. The smallest absolute Gasteiger partial charge is 0.341 e. The number of carboxylic acid groups (broad SMARTS) is 1. The maximum Gasteiger partial charge on any atom is 0.341 e. The molecule has 20 heavy (non-hydrogen) atoms. The molecule has 2 rings (SSSR count). The normalized spacial score (nSPS) is 10.2. The topological polar surface area (TPSA) is 81.5 Å². The van der Waals surface area contributed by atoms with E-state index in [0.717, 1.165) is 0 Å². The van der Waals surface area contributed by atoms with Crippen LogP contribution in [0, 0.1) is 13.8 Å². The highest BCUT2D eigenvalue weighted by Crippen LogP contribution is 2.28. The molecule has 0 atom stereocenters. The van der Waals surface area contributed by atoms with E-state index in [0.29, 0.717) is 22.8 Å². The molecule has 104 valence electrons. The fourth-order valence-corrected chi connectivity index (χ4v) is 1.69. The van der Waals surface area contributed by atoms with Gasteiger partial charge in [0.25, 0.3) is 5.88 Å². The van der Waals surface area contributed by atoms with E-state index in [1.54, 1.807) is 38.1 Å². The number of hydrogen-bond acceptors (Lipinski definition) is 5. The molecule has 0 fully saturated rings. The Hall–Kier alpha value is -2.63. The Morgan fingerprint density at radius 2 is 1.90 bits per heavy atom. The number of aromatic nitrogens is 2. The number of aromatic carboxylic acids is 1. The van der Waals surface area contributed by atoms with Crippen molar-refractivity contribution in [2.75, 3.05) is 7.11 Å². The van der Waals surface area contributed by atoms with E-state index in [2.05, 4.69) is 10.2 Å². The van der Waals surface area contributed by atoms with Gasteiger partial charge in [-0.2, -0.15) is 5.10 Å². The van der Waals surface area contributed by atoms with Crippen molar-refractivity contribution in [1.82, 2.24) is 10.2 Å². The van der Waals surface area contributed by atoms with Crippen LogP contribution in [-0.4, -0.2) is 28.4 Å². The third kappa shape index (κ3) is 2.69. The third-order valence-electron chi connectivity index (χ3n) is 2.89. The summed E-state index contributed by atoms with van der Waals surface area (Å²) in [6.45, 7) is 3.37. The summed E-state index contributed by atoms with van der Waals surface area (Å²) < 4.78 is 10.6. The quantitative estimate of drug-likeness (QED) is 0.922. The van der Waals surface area contributed by atoms with Crippen molar-refractivity contribution in [2.24, 2.45) is 0 Å². The van der Waals surface area contributed by atoms with Crippen LogP contribution >= 0.6 is 0 Å². The van der Waals surface area contributed by atoms with Gasteiger partial charge in [-0.25, -0.2) is 4.79 Å². The van der Waals surface area contributed by atoms with E-state index in [4.69, 9.17) is 9.47 Å². The number of methoxy groups -OCH3 is 1. The summed E-state index contributed by atoms with van der Waals surface area (Å²) in [6, 6.07) is 6.83. The molecule has 1 N–H and O–H groups in total. The Morgan fingerprint density at radius 1 is 1.20 bits per heavy atom. The van der Waals surface area contributed by atoms with Crippen molar-refractivity contribution in [3.8, 4) is 17.4 Å². The Labute approximate surface area is 116 Å². The number of hydrogen-bond donors (Lipinski definition) is 1. The van der Waals surface area contributed by atoms with Gasteiger partial charge < -0.3 is 14.6 Å². The van der Waals surface area contributed by atoms with E-state index in [9.17, 15) is 9.90 Å². The van der Waals surface area contributed by atoms with Crippen molar-refractivity contribution in [2.45, 2.75) is 13.8 Å². The molecule has 0 radical (unpaired) electrons. The molecule has 0 spiro atoms. The average molecular weight is 274 g/mol. The van der Waals surface area contributed by atoms with Crippen LogP contribution in [0.2, 0.25) is 0 Å². The second kappa shape index (κ2) is 5.56. The lowest BCUT2D eigenvalue weighted by Crippen LogP contribution is -2.08. The maximum absolute atomic E-state index is 11.3. The molecule has 6 heteroatoms. The molecule has 1 aromatic carbocycles. The molecule has 0 amide bonds. The molecule has 0 bridgehead atoms. The first-order valence-electron chi connectivity index (χ1n) is 5.92. The van der Waals surface area contributed by atoms with E-state index in [-0.39, 0.29) is 11.4 Å². The van der Waals surface area contributed by atoms with Crippen molar-refractivity contribution in [3.05, 3.63) is 41.1 Å².